The molecule has 0 bridgehead atoms. The molecule has 1 aromatic carbocycles. The van der Waals surface area contributed by atoms with Crippen molar-refractivity contribution in [1.82, 2.24) is 5.48 Å². The van der Waals surface area contributed by atoms with E-state index in [1.54, 1.807) is 0 Å². The summed E-state index contributed by atoms with van der Waals surface area (Å²) in [4.78, 5) is 15.8. The van der Waals surface area contributed by atoms with Crippen molar-refractivity contribution in [3.05, 3.63) is 35.9 Å². The van der Waals surface area contributed by atoms with Gasteiger partial charge in [-0.3, -0.25) is 9.63 Å². The van der Waals surface area contributed by atoms with Gasteiger partial charge in [-0.05, 0) is 5.56 Å². The van der Waals surface area contributed by atoms with Crippen LogP contribution in [0.3, 0.4) is 0 Å². The number of rotatable bonds is 4. The predicted octanol–water partition coefficient (Wildman–Crippen LogP) is 1.26. The van der Waals surface area contributed by atoms with Crippen LogP contribution in [0.15, 0.2) is 30.3 Å². The molecule has 0 aliphatic carbocycles. The van der Waals surface area contributed by atoms with E-state index in [0.29, 0.717) is 6.61 Å². The summed E-state index contributed by atoms with van der Waals surface area (Å²) in [6, 6.07) is 9.55. The van der Waals surface area contributed by atoms with Crippen LogP contribution in [0.25, 0.3) is 0 Å². The Morgan fingerprint density at radius 1 is 1.43 bits per heavy atom. The first-order valence-corrected chi connectivity index (χ1v) is 4.21. The molecule has 0 aromatic heterocycles. The number of hydrogen-bond donors (Lipinski definition) is 1. The van der Waals surface area contributed by atoms with Crippen LogP contribution in [0, 0.1) is 12.3 Å². The second-order valence-electron chi connectivity index (χ2n) is 2.68. The van der Waals surface area contributed by atoms with E-state index in [-0.39, 0.29) is 12.3 Å². The summed E-state index contributed by atoms with van der Waals surface area (Å²) < 4.78 is 0. The van der Waals surface area contributed by atoms with Crippen molar-refractivity contribution in [1.29, 1.82) is 0 Å². The van der Waals surface area contributed by atoms with Crippen LogP contribution in [0.4, 0.5) is 0 Å². The quantitative estimate of drug-likeness (QED) is 0.572. The van der Waals surface area contributed by atoms with Crippen molar-refractivity contribution in [2.75, 3.05) is 0 Å². The molecule has 3 heteroatoms. The molecule has 3 nitrogen and oxygen atoms in total. The Labute approximate surface area is 83.0 Å². The summed E-state index contributed by atoms with van der Waals surface area (Å²) in [5.74, 6) is 1.92. The smallest absolute Gasteiger partial charge is 0.255 e. The van der Waals surface area contributed by atoms with E-state index in [1.165, 1.54) is 0 Å². The number of carbonyl (C=O) groups excluding carboxylic acids is 1. The van der Waals surface area contributed by atoms with Gasteiger partial charge in [0.05, 0.1) is 13.0 Å². The highest BCUT2D eigenvalue weighted by molar-refractivity contribution is 5.77. The molecule has 1 rings (SSSR count). The third kappa shape index (κ3) is 3.74. The Hall–Kier alpha value is -1.79. The first-order chi connectivity index (χ1) is 6.83. The lowest BCUT2D eigenvalue weighted by Gasteiger charge is -2.03. The van der Waals surface area contributed by atoms with E-state index in [9.17, 15) is 4.79 Å². The van der Waals surface area contributed by atoms with Gasteiger partial charge in [-0.25, -0.2) is 5.48 Å². The molecular weight excluding hydrogens is 178 g/mol. The first kappa shape index (κ1) is 10.3. The van der Waals surface area contributed by atoms with Gasteiger partial charge < -0.3 is 0 Å². The zero-order valence-electron chi connectivity index (χ0n) is 7.69. The topological polar surface area (TPSA) is 38.3 Å². The number of carbonyl (C=O) groups is 1. The van der Waals surface area contributed by atoms with E-state index in [4.69, 9.17) is 11.3 Å². The molecule has 1 N–H and O–H groups in total. The molecule has 1 aromatic rings. The van der Waals surface area contributed by atoms with Gasteiger partial charge in [-0.15, -0.1) is 6.42 Å². The highest BCUT2D eigenvalue weighted by Gasteiger charge is 1.97. The second kappa shape index (κ2) is 5.79. The largest absolute Gasteiger partial charge is 0.272 e. The highest BCUT2D eigenvalue weighted by atomic mass is 16.6. The molecule has 0 heterocycles. The minimum atomic E-state index is -0.302. The number of benzene rings is 1. The van der Waals surface area contributed by atoms with Crippen LogP contribution < -0.4 is 5.48 Å². The lowest BCUT2D eigenvalue weighted by Crippen LogP contribution is -2.22. The zero-order valence-corrected chi connectivity index (χ0v) is 7.69. The van der Waals surface area contributed by atoms with E-state index in [2.05, 4.69) is 11.4 Å². The van der Waals surface area contributed by atoms with Crippen molar-refractivity contribution in [2.24, 2.45) is 0 Å². The van der Waals surface area contributed by atoms with Gasteiger partial charge in [0, 0.05) is 0 Å². The Balaban J connectivity index is 2.23. The summed E-state index contributed by atoms with van der Waals surface area (Å²) in [7, 11) is 0. The summed E-state index contributed by atoms with van der Waals surface area (Å²) in [5, 5.41) is 0. The van der Waals surface area contributed by atoms with Gasteiger partial charge in [-0.1, -0.05) is 36.3 Å². The molecule has 0 aliphatic heterocycles. The summed E-state index contributed by atoms with van der Waals surface area (Å²) in [5.41, 5.74) is 3.24. The van der Waals surface area contributed by atoms with Crippen molar-refractivity contribution in [3.8, 4) is 12.3 Å². The average Bonchev–Trinajstić information content (AvgIpc) is 2.20. The monoisotopic (exact) mass is 189 g/mol. The number of terminal acetylenes is 1. The number of hydrogen-bond acceptors (Lipinski definition) is 2. The lowest BCUT2D eigenvalue weighted by molar-refractivity contribution is -0.133. The maximum atomic E-state index is 10.9. The van der Waals surface area contributed by atoms with Gasteiger partial charge in [0.15, 0.2) is 0 Å². The van der Waals surface area contributed by atoms with Gasteiger partial charge in [0.1, 0.15) is 0 Å². The predicted molar refractivity (Wildman–Crippen MR) is 52.8 cm³/mol. The van der Waals surface area contributed by atoms with Crippen LogP contribution in [-0.2, 0) is 16.2 Å². The summed E-state index contributed by atoms with van der Waals surface area (Å²) in [6.45, 7) is 0.344. The minimum absolute atomic E-state index is 0.0365. The molecule has 0 aliphatic rings. The van der Waals surface area contributed by atoms with Crippen molar-refractivity contribution >= 4 is 5.91 Å². The van der Waals surface area contributed by atoms with E-state index in [0.717, 1.165) is 5.56 Å². The van der Waals surface area contributed by atoms with Crippen molar-refractivity contribution in [2.45, 2.75) is 13.0 Å². The first-order valence-electron chi connectivity index (χ1n) is 4.21. The van der Waals surface area contributed by atoms with Crippen molar-refractivity contribution in [3.63, 3.8) is 0 Å². The maximum absolute atomic E-state index is 10.9. The minimum Gasteiger partial charge on any atom is -0.272 e. The van der Waals surface area contributed by atoms with E-state index >= 15 is 0 Å². The second-order valence-corrected chi connectivity index (χ2v) is 2.68. The Kier molecular flexibility index (Phi) is 4.25. The molecule has 72 valence electrons. The Morgan fingerprint density at radius 3 is 2.79 bits per heavy atom. The van der Waals surface area contributed by atoms with Crippen LogP contribution in [0.2, 0.25) is 0 Å². The number of hydroxylamine groups is 1. The summed E-state index contributed by atoms with van der Waals surface area (Å²) in [6.07, 6.45) is 4.98. The number of nitrogens with one attached hydrogen (secondary N) is 1. The standard InChI is InChI=1S/C11H11NO2/c1-2-6-11(13)12-14-9-10-7-4-3-5-8-10/h1,3-5,7-8H,6,9H2,(H,12,13). The van der Waals surface area contributed by atoms with Gasteiger partial charge in [0.25, 0.3) is 5.91 Å². The zero-order chi connectivity index (χ0) is 10.2. The third-order valence-corrected chi connectivity index (χ3v) is 1.53. The fourth-order valence-corrected chi connectivity index (χ4v) is 0.903. The molecule has 0 radical (unpaired) electrons. The molecule has 0 spiro atoms. The van der Waals surface area contributed by atoms with Crippen LogP contribution >= 0.6 is 0 Å². The van der Waals surface area contributed by atoms with Gasteiger partial charge in [0.2, 0.25) is 0 Å². The van der Waals surface area contributed by atoms with Crippen LogP contribution in [0.5, 0.6) is 0 Å². The molecule has 1 amide bonds. The highest BCUT2D eigenvalue weighted by Crippen LogP contribution is 1.98. The SMILES string of the molecule is C#CCC(=O)NOCc1ccccc1. The fraction of sp³-hybridized carbons (Fsp3) is 0.182. The summed E-state index contributed by atoms with van der Waals surface area (Å²) >= 11 is 0. The maximum Gasteiger partial charge on any atom is 0.255 e. The fourth-order valence-electron chi connectivity index (χ4n) is 0.903. The third-order valence-electron chi connectivity index (χ3n) is 1.53. The lowest BCUT2D eigenvalue weighted by atomic mass is 10.2. The van der Waals surface area contributed by atoms with Crippen molar-refractivity contribution < 1.29 is 9.63 Å². The molecular formula is C11H11NO2. The normalized spacial score (nSPS) is 9.07. The molecule has 0 saturated carbocycles. The molecule has 0 atom stereocenters. The molecule has 0 saturated heterocycles. The van der Waals surface area contributed by atoms with E-state index in [1.807, 2.05) is 30.3 Å². The number of amides is 1. The van der Waals surface area contributed by atoms with E-state index < -0.39 is 0 Å². The van der Waals surface area contributed by atoms with Crippen LogP contribution in [-0.4, -0.2) is 5.91 Å². The Bertz CT molecular complexity index is 327. The molecule has 0 unspecified atom stereocenters. The Morgan fingerprint density at radius 2 is 2.14 bits per heavy atom. The average molecular weight is 189 g/mol. The van der Waals surface area contributed by atoms with Crippen LogP contribution in [0.1, 0.15) is 12.0 Å². The van der Waals surface area contributed by atoms with Gasteiger partial charge in [-0.2, -0.15) is 0 Å². The van der Waals surface area contributed by atoms with Gasteiger partial charge >= 0.3 is 0 Å². The molecule has 14 heavy (non-hydrogen) atoms. The molecule has 0 fully saturated rings.